The highest BCUT2D eigenvalue weighted by Gasteiger charge is 2.35. The van der Waals surface area contributed by atoms with Crippen molar-refractivity contribution < 1.29 is 19.1 Å². The lowest BCUT2D eigenvalue weighted by molar-refractivity contribution is -0.126. The van der Waals surface area contributed by atoms with Crippen LogP contribution in [0.5, 0.6) is 5.75 Å². The van der Waals surface area contributed by atoms with Gasteiger partial charge in [-0.2, -0.15) is 0 Å². The summed E-state index contributed by atoms with van der Waals surface area (Å²) in [5, 5.41) is 5.87. The van der Waals surface area contributed by atoms with E-state index in [1.807, 2.05) is 44.2 Å². The molecule has 2 N–H and O–H groups in total. The van der Waals surface area contributed by atoms with Crippen molar-refractivity contribution >= 4 is 29.1 Å². The van der Waals surface area contributed by atoms with E-state index in [9.17, 15) is 14.4 Å². The van der Waals surface area contributed by atoms with Crippen molar-refractivity contribution in [2.24, 2.45) is 5.92 Å². The molecular weight excluding hydrogens is 478 g/mol. The number of nitrogens with zero attached hydrogens (tertiary/aromatic N) is 1. The zero-order chi connectivity index (χ0) is 27.2. The van der Waals surface area contributed by atoms with Gasteiger partial charge in [0.25, 0.3) is 5.91 Å². The smallest absolute Gasteiger partial charge is 0.262 e. The van der Waals surface area contributed by atoms with Gasteiger partial charge in [-0.1, -0.05) is 56.3 Å². The molecule has 0 spiro atoms. The second kappa shape index (κ2) is 11.9. The van der Waals surface area contributed by atoms with Crippen LogP contribution in [0.2, 0.25) is 0 Å². The van der Waals surface area contributed by atoms with Crippen LogP contribution in [-0.4, -0.2) is 30.9 Å². The molecule has 1 heterocycles. The van der Waals surface area contributed by atoms with Crippen molar-refractivity contribution in [3.63, 3.8) is 0 Å². The maximum absolute atomic E-state index is 12.7. The van der Waals surface area contributed by atoms with Gasteiger partial charge in [-0.15, -0.1) is 0 Å². The quantitative estimate of drug-likeness (QED) is 0.416. The fourth-order valence-electron chi connectivity index (χ4n) is 4.54. The molecule has 1 fully saturated rings. The molecule has 3 aromatic carbocycles. The number of nitrogens with one attached hydrogen (secondary N) is 2. The number of ether oxygens (including phenoxy) is 1. The lowest BCUT2D eigenvalue weighted by Gasteiger charge is -2.17. The Morgan fingerprint density at radius 3 is 2.26 bits per heavy atom. The van der Waals surface area contributed by atoms with E-state index in [1.165, 1.54) is 5.56 Å². The molecule has 1 aliphatic heterocycles. The lowest BCUT2D eigenvalue weighted by Crippen LogP contribution is -2.32. The Labute approximate surface area is 224 Å². The van der Waals surface area contributed by atoms with Crippen LogP contribution in [0.4, 0.5) is 11.4 Å². The average Bonchev–Trinajstić information content (AvgIpc) is 3.30. The van der Waals surface area contributed by atoms with Crippen molar-refractivity contribution in [3.8, 4) is 5.75 Å². The van der Waals surface area contributed by atoms with E-state index in [4.69, 9.17) is 4.74 Å². The molecule has 0 aromatic heterocycles. The van der Waals surface area contributed by atoms with Gasteiger partial charge in [-0.25, -0.2) is 0 Å². The number of para-hydroxylation sites is 1. The predicted molar refractivity (Wildman–Crippen MR) is 149 cm³/mol. The van der Waals surface area contributed by atoms with Gasteiger partial charge in [0.15, 0.2) is 6.61 Å². The van der Waals surface area contributed by atoms with E-state index < -0.39 is 5.92 Å². The maximum Gasteiger partial charge on any atom is 0.262 e. The summed E-state index contributed by atoms with van der Waals surface area (Å²) >= 11 is 0. The van der Waals surface area contributed by atoms with Crippen LogP contribution in [0, 0.1) is 19.8 Å². The Morgan fingerprint density at radius 1 is 0.974 bits per heavy atom. The zero-order valence-electron chi connectivity index (χ0n) is 22.4. The summed E-state index contributed by atoms with van der Waals surface area (Å²) < 4.78 is 5.64. The normalized spacial score (nSPS) is 15.0. The first-order valence-electron chi connectivity index (χ1n) is 13.0. The van der Waals surface area contributed by atoms with Gasteiger partial charge in [0.2, 0.25) is 11.8 Å². The summed E-state index contributed by atoms with van der Waals surface area (Å²) in [6, 6.07) is 21.0. The van der Waals surface area contributed by atoms with Crippen LogP contribution in [0.3, 0.4) is 0 Å². The molecule has 3 amide bonds. The number of benzene rings is 3. The molecule has 1 saturated heterocycles. The number of anilines is 2. The molecule has 0 bridgehead atoms. The van der Waals surface area contributed by atoms with E-state index in [-0.39, 0.29) is 30.7 Å². The summed E-state index contributed by atoms with van der Waals surface area (Å²) in [4.78, 5) is 39.4. The largest absolute Gasteiger partial charge is 0.484 e. The van der Waals surface area contributed by atoms with Gasteiger partial charge < -0.3 is 20.3 Å². The van der Waals surface area contributed by atoms with Gasteiger partial charge in [0.1, 0.15) is 5.75 Å². The number of carbonyl (C=O) groups is 3. The lowest BCUT2D eigenvalue weighted by atomic mass is 10.0. The highest BCUT2D eigenvalue weighted by atomic mass is 16.5. The van der Waals surface area contributed by atoms with Gasteiger partial charge in [0.05, 0.1) is 5.92 Å². The van der Waals surface area contributed by atoms with Crippen LogP contribution >= 0.6 is 0 Å². The van der Waals surface area contributed by atoms with E-state index in [1.54, 1.807) is 29.2 Å². The van der Waals surface area contributed by atoms with Crippen LogP contribution in [0.15, 0.2) is 66.7 Å². The summed E-state index contributed by atoms with van der Waals surface area (Å²) in [6.07, 6.45) is 0.175. The van der Waals surface area contributed by atoms with Crippen LogP contribution in [0.25, 0.3) is 0 Å². The second-order valence-corrected chi connectivity index (χ2v) is 10.1. The number of hydrogen-bond acceptors (Lipinski definition) is 4. The maximum atomic E-state index is 12.7. The number of carbonyl (C=O) groups excluding carboxylic acids is 3. The topological polar surface area (TPSA) is 87.7 Å². The minimum atomic E-state index is -0.401. The first-order valence-corrected chi connectivity index (χ1v) is 13.0. The SMILES string of the molecule is Cc1cccc(C)c1NC(=O)COc1ccc(N2C[C@H](C(=O)NCc3ccc(C(C)C)cc3)CC2=O)cc1. The molecule has 198 valence electrons. The average molecular weight is 514 g/mol. The first-order chi connectivity index (χ1) is 18.2. The molecule has 4 rings (SSSR count). The van der Waals surface area contributed by atoms with E-state index in [0.717, 1.165) is 22.4 Å². The monoisotopic (exact) mass is 513 g/mol. The third-order valence-electron chi connectivity index (χ3n) is 6.87. The first kappa shape index (κ1) is 26.9. The van der Waals surface area contributed by atoms with Crippen molar-refractivity contribution in [2.45, 2.75) is 46.6 Å². The van der Waals surface area contributed by atoms with Gasteiger partial charge in [-0.3, -0.25) is 14.4 Å². The van der Waals surface area contributed by atoms with E-state index >= 15 is 0 Å². The Balaban J connectivity index is 1.27. The van der Waals surface area contributed by atoms with Gasteiger partial charge >= 0.3 is 0 Å². The minimum absolute atomic E-state index is 0.0897. The Hall–Kier alpha value is -4.13. The highest BCUT2D eigenvalue weighted by molar-refractivity contribution is 6.00. The Bertz CT molecular complexity index is 1280. The third-order valence-corrected chi connectivity index (χ3v) is 6.87. The van der Waals surface area contributed by atoms with Crippen molar-refractivity contribution in [2.75, 3.05) is 23.4 Å². The van der Waals surface area contributed by atoms with E-state index in [0.29, 0.717) is 30.4 Å². The summed E-state index contributed by atoms with van der Waals surface area (Å²) in [5.41, 5.74) is 5.76. The molecule has 0 radical (unpaired) electrons. The molecule has 7 heteroatoms. The molecular formula is C31H35N3O4. The second-order valence-electron chi connectivity index (χ2n) is 10.1. The number of amides is 3. The predicted octanol–water partition coefficient (Wildman–Crippen LogP) is 5.11. The number of rotatable bonds is 9. The molecule has 0 saturated carbocycles. The molecule has 3 aromatic rings. The minimum Gasteiger partial charge on any atom is -0.484 e. The van der Waals surface area contributed by atoms with E-state index in [2.05, 4.69) is 36.6 Å². The third kappa shape index (κ3) is 6.59. The number of aryl methyl sites for hydroxylation is 2. The summed E-state index contributed by atoms with van der Waals surface area (Å²) in [7, 11) is 0. The molecule has 1 aliphatic rings. The fraction of sp³-hybridized carbons (Fsp3) is 0.323. The van der Waals surface area contributed by atoms with Crippen LogP contribution < -0.4 is 20.3 Å². The Kier molecular flexibility index (Phi) is 8.46. The molecule has 1 atom stereocenters. The molecule has 0 unspecified atom stereocenters. The summed E-state index contributed by atoms with van der Waals surface area (Å²) in [5.74, 6) is 0.127. The summed E-state index contributed by atoms with van der Waals surface area (Å²) in [6.45, 7) is 8.82. The standard InChI is InChI=1S/C31H35N3O4/c1-20(2)24-10-8-23(9-11-24)17-32-31(37)25-16-29(36)34(18-25)26-12-14-27(15-13-26)38-19-28(35)33-30-21(3)6-5-7-22(30)4/h5-15,20,25H,16-19H2,1-4H3,(H,32,37)(H,33,35)/t25-/m1/s1. The molecule has 7 nitrogen and oxygen atoms in total. The highest BCUT2D eigenvalue weighted by Crippen LogP contribution is 2.27. The van der Waals surface area contributed by atoms with Gasteiger partial charge in [0, 0.05) is 30.9 Å². The molecule has 38 heavy (non-hydrogen) atoms. The van der Waals surface area contributed by atoms with Crippen LogP contribution in [0.1, 0.15) is 48.4 Å². The number of hydrogen-bond donors (Lipinski definition) is 2. The zero-order valence-corrected chi connectivity index (χ0v) is 22.4. The van der Waals surface area contributed by atoms with Gasteiger partial charge in [-0.05, 0) is 66.3 Å². The Morgan fingerprint density at radius 2 is 1.63 bits per heavy atom. The van der Waals surface area contributed by atoms with Crippen LogP contribution in [-0.2, 0) is 20.9 Å². The van der Waals surface area contributed by atoms with Crippen molar-refractivity contribution in [1.82, 2.24) is 5.32 Å². The molecule has 0 aliphatic carbocycles. The fourth-order valence-corrected chi connectivity index (χ4v) is 4.54. The van der Waals surface area contributed by atoms with Crippen molar-refractivity contribution in [3.05, 3.63) is 89.0 Å². The van der Waals surface area contributed by atoms with Crippen molar-refractivity contribution in [1.29, 1.82) is 0 Å².